The Morgan fingerprint density at radius 2 is 1.23 bits per heavy atom. The van der Waals surface area contributed by atoms with Gasteiger partial charge in [-0.25, -0.2) is 0 Å². The summed E-state index contributed by atoms with van der Waals surface area (Å²) < 4.78 is 0. The quantitative estimate of drug-likeness (QED) is 0.120. The maximum atomic E-state index is 2.30. The molecule has 0 saturated heterocycles. The standard InChI is InChI=1S/2C12H13.C5H11Si.Hf/c2*1-3-10-7-11-6-4-5-9(2)12(11)8-10;1-2-3-4-5-6;/h2*4-8H,3H2,1-2H3;2-5H2,1H3;/q2*-1;;+2. The van der Waals surface area contributed by atoms with Gasteiger partial charge in [-0.15, -0.1) is 69.1 Å². The largest absolute Gasteiger partial charge is 0.165 e. The number of rotatable bonds is 6. The Bertz CT molecular complexity index is 987. The van der Waals surface area contributed by atoms with Crippen LogP contribution in [0.15, 0.2) is 60.7 Å². The Kier molecular flexibility index (Phi) is 11.8. The summed E-state index contributed by atoms with van der Waals surface area (Å²) in [5.41, 5.74) is 5.65. The Morgan fingerprint density at radius 3 is 1.58 bits per heavy atom. The summed E-state index contributed by atoms with van der Waals surface area (Å²) >= 11 is 1.43. The van der Waals surface area contributed by atoms with E-state index in [0.717, 1.165) is 12.8 Å². The minimum atomic E-state index is 1.13. The second-order valence-corrected chi connectivity index (χ2v) is 12.9. The monoisotopic (exact) mass is 593 g/mol. The van der Waals surface area contributed by atoms with Gasteiger partial charge < -0.3 is 0 Å². The van der Waals surface area contributed by atoms with Gasteiger partial charge in [-0.1, -0.05) is 37.1 Å². The molecule has 4 aromatic rings. The van der Waals surface area contributed by atoms with Crippen LogP contribution in [0.4, 0.5) is 0 Å². The third-order valence-corrected chi connectivity index (χ3v) is 9.08. The van der Waals surface area contributed by atoms with Crippen molar-refractivity contribution in [1.82, 2.24) is 0 Å². The topological polar surface area (TPSA) is 0 Å². The van der Waals surface area contributed by atoms with Crippen molar-refractivity contribution in [1.29, 1.82) is 0 Å². The molecule has 0 aliphatic rings. The van der Waals surface area contributed by atoms with Crippen LogP contribution in [0.3, 0.4) is 0 Å². The van der Waals surface area contributed by atoms with E-state index in [4.69, 9.17) is 0 Å². The molecule has 0 aliphatic carbocycles. The van der Waals surface area contributed by atoms with Gasteiger partial charge in [0.05, 0.1) is 0 Å². The first-order valence-corrected chi connectivity index (χ1v) is 18.3. The van der Waals surface area contributed by atoms with Crippen LogP contribution in [0.2, 0.25) is 6.04 Å². The van der Waals surface area contributed by atoms with Crippen molar-refractivity contribution in [2.75, 3.05) is 0 Å². The summed E-state index contributed by atoms with van der Waals surface area (Å²) in [6, 6.07) is 23.6. The molecule has 31 heavy (non-hydrogen) atoms. The molecule has 0 N–H and O–H groups in total. The maximum Gasteiger partial charge on any atom is -0.0487 e. The molecule has 0 unspecified atom stereocenters. The van der Waals surface area contributed by atoms with Crippen molar-refractivity contribution in [2.45, 2.75) is 72.8 Å². The maximum absolute atomic E-state index is 2.30. The van der Waals surface area contributed by atoms with Crippen LogP contribution in [0.5, 0.6) is 0 Å². The smallest absolute Gasteiger partial charge is 0.0487 e. The molecule has 0 fully saturated rings. The van der Waals surface area contributed by atoms with Gasteiger partial charge in [0.25, 0.3) is 0 Å². The van der Waals surface area contributed by atoms with Crippen molar-refractivity contribution in [3.8, 4) is 0 Å². The van der Waals surface area contributed by atoms with Gasteiger partial charge in [0, 0.05) is 0 Å². The SMILES string of the molecule is CCCCC[Si]=[Hf+2].CCc1cc2c(C)cccc2[cH-]1.CCc1cc2c(C)cccc2[cH-]1. The number of hydrogen-bond acceptors (Lipinski definition) is 0. The molecule has 4 aromatic carbocycles. The zero-order valence-corrected chi connectivity index (χ0v) is 24.6. The van der Waals surface area contributed by atoms with Gasteiger partial charge >= 0.3 is 61.4 Å². The summed E-state index contributed by atoms with van der Waals surface area (Å²) in [6.07, 6.45) is 7.89. The van der Waals surface area contributed by atoms with E-state index in [2.05, 4.69) is 95.3 Å². The first kappa shape index (κ1) is 26.0. The second-order valence-electron chi connectivity index (χ2n) is 8.22. The first-order chi connectivity index (χ1) is 15.0. The third-order valence-electron chi connectivity index (χ3n) is 5.78. The molecule has 0 saturated carbocycles. The number of unbranched alkanes of at least 4 members (excludes halogenated alkanes) is 2. The number of fused-ring (bicyclic) bond motifs is 2. The molecule has 0 heterocycles. The third kappa shape index (κ3) is 7.99. The summed E-state index contributed by atoms with van der Waals surface area (Å²) in [5.74, 6) is 0. The minimum absolute atomic E-state index is 1.13. The van der Waals surface area contributed by atoms with Crippen molar-refractivity contribution in [2.24, 2.45) is 0 Å². The van der Waals surface area contributed by atoms with Crippen molar-refractivity contribution >= 4 is 27.8 Å². The fourth-order valence-corrected chi connectivity index (χ4v) is 6.11. The fourth-order valence-electron chi connectivity index (χ4n) is 3.78. The molecular weight excluding hydrogens is 555 g/mol. The van der Waals surface area contributed by atoms with E-state index in [9.17, 15) is 0 Å². The zero-order valence-electron chi connectivity index (χ0n) is 20.0. The summed E-state index contributed by atoms with van der Waals surface area (Å²) in [6.45, 7) is 11.0. The van der Waals surface area contributed by atoms with E-state index < -0.39 is 0 Å². The van der Waals surface area contributed by atoms with Crippen LogP contribution < -0.4 is 0 Å². The molecule has 0 amide bonds. The van der Waals surface area contributed by atoms with Crippen molar-refractivity contribution in [3.63, 3.8) is 0 Å². The molecule has 2 heteroatoms. The summed E-state index contributed by atoms with van der Waals surface area (Å²) in [4.78, 5) is 0. The molecule has 4 rings (SSSR count). The van der Waals surface area contributed by atoms with Crippen LogP contribution in [0.1, 0.15) is 62.3 Å². The fraction of sp³-hybridized carbons (Fsp3) is 0.379. The molecule has 0 nitrogen and oxygen atoms in total. The van der Waals surface area contributed by atoms with E-state index in [-0.39, 0.29) is 0 Å². The summed E-state index contributed by atoms with van der Waals surface area (Å²) in [5, 5.41) is 5.59. The van der Waals surface area contributed by atoms with Crippen LogP contribution in [0.25, 0.3) is 21.5 Å². The van der Waals surface area contributed by atoms with E-state index in [0.29, 0.717) is 0 Å². The van der Waals surface area contributed by atoms with Crippen LogP contribution >= 0.6 is 0 Å². The Morgan fingerprint density at radius 1 is 0.742 bits per heavy atom. The summed E-state index contributed by atoms with van der Waals surface area (Å²) in [7, 11) is 0. The predicted octanol–water partition coefficient (Wildman–Crippen LogP) is 8.62. The van der Waals surface area contributed by atoms with Gasteiger partial charge in [-0.05, 0) is 26.7 Å². The Balaban J connectivity index is 0.000000173. The van der Waals surface area contributed by atoms with Crippen LogP contribution in [-0.4, -0.2) is 6.22 Å². The average Bonchev–Trinajstić information content (AvgIpc) is 3.40. The Hall–Kier alpha value is -1.25. The van der Waals surface area contributed by atoms with Crippen LogP contribution in [0, 0.1) is 13.8 Å². The van der Waals surface area contributed by atoms with E-state index in [1.54, 1.807) is 0 Å². The van der Waals surface area contributed by atoms with Crippen molar-refractivity contribution in [3.05, 3.63) is 82.9 Å². The van der Waals surface area contributed by atoms with E-state index in [1.165, 1.54) is 98.3 Å². The minimum Gasteiger partial charge on any atom is -0.165 e. The number of hydrogen-bond donors (Lipinski definition) is 0. The molecular formula is C29H37HfSi. The average molecular weight is 592 g/mol. The predicted molar refractivity (Wildman–Crippen MR) is 137 cm³/mol. The number of aryl methyl sites for hydroxylation is 4. The van der Waals surface area contributed by atoms with Crippen LogP contribution in [-0.2, 0) is 35.8 Å². The second kappa shape index (κ2) is 14.0. The van der Waals surface area contributed by atoms with Gasteiger partial charge in [-0.2, -0.15) is 12.1 Å². The molecule has 0 aliphatic heterocycles. The Labute approximate surface area is 205 Å². The van der Waals surface area contributed by atoms with Gasteiger partial charge in [0.15, 0.2) is 0 Å². The van der Waals surface area contributed by atoms with Gasteiger partial charge in [-0.3, -0.25) is 0 Å². The molecule has 161 valence electrons. The van der Waals surface area contributed by atoms with Gasteiger partial charge in [0.2, 0.25) is 0 Å². The zero-order chi connectivity index (χ0) is 22.6. The molecule has 0 atom stereocenters. The molecule has 0 spiro atoms. The normalized spacial score (nSPS) is 10.4. The molecule has 1 radical (unpaired) electrons. The first-order valence-electron chi connectivity index (χ1n) is 11.7. The van der Waals surface area contributed by atoms with Crippen molar-refractivity contribution < 1.29 is 23.0 Å². The molecule has 0 bridgehead atoms. The molecule has 0 aromatic heterocycles. The van der Waals surface area contributed by atoms with Gasteiger partial charge in [0.1, 0.15) is 0 Å². The van der Waals surface area contributed by atoms with E-state index >= 15 is 0 Å². The number of benzene rings is 2. The van der Waals surface area contributed by atoms with E-state index in [1.807, 2.05) is 0 Å².